The van der Waals surface area contributed by atoms with Crippen molar-refractivity contribution in [3.05, 3.63) is 0 Å². The molecule has 2 fully saturated rings. The molecule has 2 heterocycles. The lowest BCUT2D eigenvalue weighted by molar-refractivity contribution is -0.143. The van der Waals surface area contributed by atoms with Gasteiger partial charge in [-0.1, -0.05) is 13.8 Å². The highest BCUT2D eigenvalue weighted by Gasteiger charge is 2.36. The number of nitrogens with zero attached hydrogens (tertiary/aromatic N) is 2. The fourth-order valence-corrected chi connectivity index (χ4v) is 3.59. The Bertz CT molecular complexity index is 422. The number of likely N-dealkylation sites (tertiary alicyclic amines) is 1. The summed E-state index contributed by atoms with van der Waals surface area (Å²) in [4.78, 5) is 28.9. The summed E-state index contributed by atoms with van der Waals surface area (Å²) in [6.45, 7) is 12.3. The van der Waals surface area contributed by atoms with E-state index in [2.05, 4.69) is 24.1 Å². The molecule has 2 aliphatic rings. The molecule has 2 aliphatic heterocycles. The summed E-state index contributed by atoms with van der Waals surface area (Å²) in [5, 5.41) is 3.08. The van der Waals surface area contributed by atoms with Crippen LogP contribution in [0.3, 0.4) is 0 Å². The molecule has 0 aromatic heterocycles. The van der Waals surface area contributed by atoms with Crippen molar-refractivity contribution in [2.45, 2.75) is 46.1 Å². The molecular formula is C18H33N3O3. The van der Waals surface area contributed by atoms with Crippen LogP contribution in [-0.4, -0.2) is 73.6 Å². The van der Waals surface area contributed by atoms with Crippen LogP contribution in [0.4, 0.5) is 0 Å². The van der Waals surface area contributed by atoms with Crippen LogP contribution >= 0.6 is 0 Å². The fourth-order valence-electron chi connectivity index (χ4n) is 3.59. The van der Waals surface area contributed by atoms with Gasteiger partial charge in [0, 0.05) is 38.6 Å². The topological polar surface area (TPSA) is 61.9 Å². The first-order chi connectivity index (χ1) is 11.5. The molecule has 24 heavy (non-hydrogen) atoms. The number of hydrogen-bond acceptors (Lipinski definition) is 4. The van der Waals surface area contributed by atoms with Crippen molar-refractivity contribution in [1.29, 1.82) is 0 Å². The summed E-state index contributed by atoms with van der Waals surface area (Å²) in [5.74, 6) is 0.634. The summed E-state index contributed by atoms with van der Waals surface area (Å²) in [5.41, 5.74) is 0. The minimum Gasteiger partial charge on any atom is -0.379 e. The molecular weight excluding hydrogens is 306 g/mol. The van der Waals surface area contributed by atoms with Crippen LogP contribution in [-0.2, 0) is 14.3 Å². The van der Waals surface area contributed by atoms with Gasteiger partial charge in [-0.25, -0.2) is 0 Å². The number of nitrogens with one attached hydrogen (secondary N) is 1. The van der Waals surface area contributed by atoms with Crippen molar-refractivity contribution >= 4 is 11.8 Å². The molecule has 6 heteroatoms. The predicted molar refractivity (Wildman–Crippen MR) is 93.6 cm³/mol. The fraction of sp³-hybridized carbons (Fsp3) is 0.889. The highest BCUT2D eigenvalue weighted by atomic mass is 16.5. The third-order valence-electron chi connectivity index (χ3n) is 5.02. The molecule has 138 valence electrons. The average Bonchev–Trinajstić information content (AvgIpc) is 2.56. The Labute approximate surface area is 145 Å². The van der Waals surface area contributed by atoms with Crippen LogP contribution in [0, 0.1) is 11.8 Å². The minimum absolute atomic E-state index is 0.00658. The van der Waals surface area contributed by atoms with Crippen molar-refractivity contribution in [3.63, 3.8) is 0 Å². The molecule has 2 amide bonds. The number of carbonyl (C=O) groups is 2. The van der Waals surface area contributed by atoms with Gasteiger partial charge in [-0.05, 0) is 32.2 Å². The normalized spacial score (nSPS) is 26.0. The van der Waals surface area contributed by atoms with E-state index < -0.39 is 0 Å². The molecule has 2 atom stereocenters. The molecule has 0 aliphatic carbocycles. The molecule has 0 aromatic rings. The molecule has 2 rings (SSSR count). The molecule has 0 aromatic carbocycles. The molecule has 2 saturated heterocycles. The lowest BCUT2D eigenvalue weighted by atomic mass is 9.88. The van der Waals surface area contributed by atoms with E-state index >= 15 is 0 Å². The molecule has 0 bridgehead atoms. The number of ether oxygens (including phenoxy) is 1. The van der Waals surface area contributed by atoms with Crippen LogP contribution in [0.1, 0.15) is 40.0 Å². The van der Waals surface area contributed by atoms with Crippen molar-refractivity contribution < 1.29 is 14.3 Å². The van der Waals surface area contributed by atoms with E-state index in [0.29, 0.717) is 25.3 Å². The molecule has 0 spiro atoms. The van der Waals surface area contributed by atoms with E-state index in [1.807, 2.05) is 11.8 Å². The molecule has 6 nitrogen and oxygen atoms in total. The van der Waals surface area contributed by atoms with Gasteiger partial charge < -0.3 is 15.0 Å². The number of amides is 2. The zero-order chi connectivity index (χ0) is 17.5. The lowest BCUT2D eigenvalue weighted by Crippen LogP contribution is -2.52. The van der Waals surface area contributed by atoms with Crippen LogP contribution in [0.15, 0.2) is 0 Å². The maximum absolute atomic E-state index is 12.5. The maximum atomic E-state index is 12.5. The number of piperidine rings is 1. The number of carbonyl (C=O) groups excluding carboxylic acids is 2. The summed E-state index contributed by atoms with van der Waals surface area (Å²) in [7, 11) is 0. The van der Waals surface area contributed by atoms with Gasteiger partial charge in [0.05, 0.1) is 19.1 Å². The van der Waals surface area contributed by atoms with Crippen molar-refractivity contribution in [1.82, 2.24) is 15.1 Å². The van der Waals surface area contributed by atoms with Crippen molar-refractivity contribution in [2.75, 3.05) is 45.9 Å². The van der Waals surface area contributed by atoms with Crippen molar-refractivity contribution in [2.24, 2.45) is 11.8 Å². The first-order valence-corrected chi connectivity index (χ1v) is 9.36. The third kappa shape index (κ3) is 5.45. The van der Waals surface area contributed by atoms with Gasteiger partial charge in [0.1, 0.15) is 0 Å². The van der Waals surface area contributed by atoms with Gasteiger partial charge >= 0.3 is 0 Å². The van der Waals surface area contributed by atoms with Gasteiger partial charge in [-0.15, -0.1) is 0 Å². The quantitative estimate of drug-likeness (QED) is 0.706. The zero-order valence-corrected chi connectivity index (χ0v) is 15.4. The third-order valence-corrected chi connectivity index (χ3v) is 5.02. The average molecular weight is 339 g/mol. The second-order valence-electron chi connectivity index (χ2n) is 7.42. The predicted octanol–water partition coefficient (Wildman–Crippen LogP) is 1.11. The minimum atomic E-state index is -0.0789. The molecule has 0 radical (unpaired) electrons. The van der Waals surface area contributed by atoms with Gasteiger partial charge in [0.2, 0.25) is 11.8 Å². The van der Waals surface area contributed by atoms with Gasteiger partial charge in [0.25, 0.3) is 0 Å². The van der Waals surface area contributed by atoms with E-state index in [1.54, 1.807) is 0 Å². The van der Waals surface area contributed by atoms with Gasteiger partial charge in [-0.3, -0.25) is 14.5 Å². The van der Waals surface area contributed by atoms with Crippen LogP contribution in [0.25, 0.3) is 0 Å². The highest BCUT2D eigenvalue weighted by molar-refractivity contribution is 5.84. The smallest absolute Gasteiger partial charge is 0.225 e. The Kier molecular flexibility index (Phi) is 7.49. The largest absolute Gasteiger partial charge is 0.379 e. The Morgan fingerprint density at radius 2 is 2.04 bits per heavy atom. The van der Waals surface area contributed by atoms with E-state index in [1.165, 1.54) is 0 Å². The van der Waals surface area contributed by atoms with Gasteiger partial charge in [-0.2, -0.15) is 0 Å². The summed E-state index contributed by atoms with van der Waals surface area (Å²) in [6.07, 6.45) is 2.12. The van der Waals surface area contributed by atoms with E-state index in [-0.39, 0.29) is 23.8 Å². The van der Waals surface area contributed by atoms with Crippen LogP contribution in [0.2, 0.25) is 0 Å². The molecule has 0 unspecified atom stereocenters. The Hall–Kier alpha value is -1.14. The Morgan fingerprint density at radius 3 is 2.71 bits per heavy atom. The summed E-state index contributed by atoms with van der Waals surface area (Å²) < 4.78 is 5.34. The Balaban J connectivity index is 1.73. The molecule has 1 N–H and O–H groups in total. The maximum Gasteiger partial charge on any atom is 0.225 e. The van der Waals surface area contributed by atoms with E-state index in [0.717, 1.165) is 45.8 Å². The highest BCUT2D eigenvalue weighted by Crippen LogP contribution is 2.25. The molecule has 0 saturated carbocycles. The van der Waals surface area contributed by atoms with Gasteiger partial charge in [0.15, 0.2) is 0 Å². The standard InChI is InChI=1S/C18H33N3O3/c1-14(2)13-21-15(3)16(5-6-17(21)22)18(23)19-7-4-8-20-9-11-24-12-10-20/h14-16H,4-13H2,1-3H3,(H,19,23)/t15-,16-/m1/s1. The van der Waals surface area contributed by atoms with Crippen LogP contribution < -0.4 is 5.32 Å². The van der Waals surface area contributed by atoms with E-state index in [4.69, 9.17) is 4.74 Å². The monoisotopic (exact) mass is 339 g/mol. The van der Waals surface area contributed by atoms with Crippen LogP contribution in [0.5, 0.6) is 0 Å². The lowest BCUT2D eigenvalue weighted by Gasteiger charge is -2.39. The second kappa shape index (κ2) is 9.37. The second-order valence-corrected chi connectivity index (χ2v) is 7.42. The SMILES string of the molecule is CC(C)CN1C(=O)CC[C@@H](C(=O)NCCCN2CCOCC2)[C@H]1C. The zero-order valence-electron chi connectivity index (χ0n) is 15.4. The Morgan fingerprint density at radius 1 is 1.33 bits per heavy atom. The van der Waals surface area contributed by atoms with Crippen molar-refractivity contribution in [3.8, 4) is 0 Å². The summed E-state index contributed by atoms with van der Waals surface area (Å²) >= 11 is 0. The first-order valence-electron chi connectivity index (χ1n) is 9.36. The van der Waals surface area contributed by atoms with E-state index in [9.17, 15) is 9.59 Å². The number of morpholine rings is 1. The first kappa shape index (κ1) is 19.2. The summed E-state index contributed by atoms with van der Waals surface area (Å²) in [6, 6.07) is -0.00658. The number of hydrogen-bond donors (Lipinski definition) is 1. The number of rotatable bonds is 7.